The lowest BCUT2D eigenvalue weighted by molar-refractivity contribution is -0.114. The van der Waals surface area contributed by atoms with Gasteiger partial charge in [0.05, 0.1) is 18.3 Å². The third-order valence-corrected chi connectivity index (χ3v) is 4.56. The Balaban J connectivity index is 1.37. The Bertz CT molecular complexity index is 1010. The maximum atomic E-state index is 12.2. The Hall–Kier alpha value is -3.55. The van der Waals surface area contributed by atoms with Gasteiger partial charge in [-0.3, -0.25) is 9.59 Å². The van der Waals surface area contributed by atoms with Gasteiger partial charge in [-0.25, -0.2) is 4.68 Å². The second kappa shape index (κ2) is 7.59. The zero-order valence-corrected chi connectivity index (χ0v) is 15.4. The van der Waals surface area contributed by atoms with Gasteiger partial charge in [-0.15, -0.1) is 5.10 Å². The largest absolute Gasteiger partial charge is 0.376 e. The Labute approximate surface area is 162 Å². The molecule has 1 aliphatic rings. The molecule has 28 heavy (non-hydrogen) atoms. The molecule has 0 radical (unpaired) electrons. The highest BCUT2D eigenvalue weighted by molar-refractivity contribution is 6.04. The summed E-state index contributed by atoms with van der Waals surface area (Å²) in [5, 5.41) is 17.8. The third-order valence-electron chi connectivity index (χ3n) is 4.56. The Morgan fingerprint density at radius 1 is 1.11 bits per heavy atom. The molecule has 1 fully saturated rings. The molecule has 1 aliphatic carbocycles. The molecule has 1 amide bonds. The molecular formula is C20H20N6O2. The fourth-order valence-corrected chi connectivity index (χ4v) is 2.96. The van der Waals surface area contributed by atoms with Crippen LogP contribution in [0.3, 0.4) is 0 Å². The number of amides is 1. The van der Waals surface area contributed by atoms with Crippen LogP contribution in [0.15, 0.2) is 48.5 Å². The number of anilines is 2. The van der Waals surface area contributed by atoms with Crippen LogP contribution in [0.4, 0.5) is 11.4 Å². The van der Waals surface area contributed by atoms with Crippen LogP contribution < -0.4 is 10.6 Å². The van der Waals surface area contributed by atoms with Gasteiger partial charge in [0, 0.05) is 16.8 Å². The minimum atomic E-state index is -0.226. The molecule has 0 spiro atoms. The molecule has 2 aromatic carbocycles. The number of ketones is 1. The molecule has 142 valence electrons. The van der Waals surface area contributed by atoms with E-state index < -0.39 is 0 Å². The average Bonchev–Trinajstić information content (AvgIpc) is 3.43. The van der Waals surface area contributed by atoms with Crippen molar-refractivity contribution in [2.24, 2.45) is 0 Å². The lowest BCUT2D eigenvalue weighted by Crippen LogP contribution is -2.22. The lowest BCUT2D eigenvalue weighted by atomic mass is 10.1. The van der Waals surface area contributed by atoms with Crippen molar-refractivity contribution in [2.45, 2.75) is 25.8 Å². The SMILES string of the molecule is CC(=O)c1ccccc1NC(=O)CNc1ccc(-c2nnnn2C2CC2)cc1. The Morgan fingerprint density at radius 3 is 2.57 bits per heavy atom. The molecule has 1 heterocycles. The van der Waals surface area contributed by atoms with Gasteiger partial charge in [-0.2, -0.15) is 0 Å². The maximum Gasteiger partial charge on any atom is 0.243 e. The summed E-state index contributed by atoms with van der Waals surface area (Å²) in [6.07, 6.45) is 2.22. The molecule has 4 rings (SSSR count). The number of rotatable bonds is 7. The third kappa shape index (κ3) is 3.90. The molecule has 1 aromatic heterocycles. The van der Waals surface area contributed by atoms with E-state index in [1.807, 2.05) is 28.9 Å². The van der Waals surface area contributed by atoms with Gasteiger partial charge in [-0.1, -0.05) is 12.1 Å². The molecule has 3 aromatic rings. The van der Waals surface area contributed by atoms with Crippen molar-refractivity contribution in [1.29, 1.82) is 0 Å². The summed E-state index contributed by atoms with van der Waals surface area (Å²) in [6.45, 7) is 1.57. The first kappa shape index (κ1) is 17.8. The number of carbonyl (C=O) groups excluding carboxylic acids is 2. The standard InChI is InChI=1S/C20H20N6O2/c1-13(27)17-4-2-3-5-18(17)22-19(28)12-21-15-8-6-14(7-9-15)20-23-24-25-26(20)16-10-11-16/h2-9,16,21H,10-12H2,1H3,(H,22,28). The predicted molar refractivity (Wildman–Crippen MR) is 105 cm³/mol. The number of benzene rings is 2. The number of hydrogen-bond donors (Lipinski definition) is 2. The monoisotopic (exact) mass is 376 g/mol. The number of nitrogens with one attached hydrogen (secondary N) is 2. The summed E-state index contributed by atoms with van der Waals surface area (Å²) >= 11 is 0. The first-order valence-electron chi connectivity index (χ1n) is 9.14. The van der Waals surface area contributed by atoms with E-state index in [0.29, 0.717) is 17.3 Å². The summed E-state index contributed by atoms with van der Waals surface area (Å²) in [5.74, 6) is 0.441. The van der Waals surface area contributed by atoms with E-state index >= 15 is 0 Å². The van der Waals surface area contributed by atoms with Crippen molar-refractivity contribution < 1.29 is 9.59 Å². The molecule has 8 nitrogen and oxygen atoms in total. The maximum absolute atomic E-state index is 12.2. The van der Waals surface area contributed by atoms with Gasteiger partial charge in [-0.05, 0) is 66.6 Å². The molecule has 0 atom stereocenters. The van der Waals surface area contributed by atoms with Crippen LogP contribution in [-0.4, -0.2) is 38.4 Å². The predicted octanol–water partition coefficient (Wildman–Crippen LogP) is 2.93. The first-order valence-corrected chi connectivity index (χ1v) is 9.14. The van der Waals surface area contributed by atoms with Gasteiger partial charge >= 0.3 is 0 Å². The van der Waals surface area contributed by atoms with E-state index in [1.54, 1.807) is 24.3 Å². The average molecular weight is 376 g/mol. The molecule has 2 N–H and O–H groups in total. The van der Waals surface area contributed by atoms with E-state index in [2.05, 4.69) is 26.2 Å². The number of para-hydroxylation sites is 1. The van der Waals surface area contributed by atoms with Crippen LogP contribution in [0, 0.1) is 0 Å². The van der Waals surface area contributed by atoms with Crippen LogP contribution in [0.25, 0.3) is 11.4 Å². The van der Waals surface area contributed by atoms with E-state index in [4.69, 9.17) is 0 Å². The van der Waals surface area contributed by atoms with Crippen molar-refractivity contribution in [3.63, 3.8) is 0 Å². The van der Waals surface area contributed by atoms with Crippen LogP contribution in [0.1, 0.15) is 36.2 Å². The van der Waals surface area contributed by atoms with Gasteiger partial charge in [0.1, 0.15) is 0 Å². The van der Waals surface area contributed by atoms with Crippen molar-refractivity contribution in [2.75, 3.05) is 17.2 Å². The van der Waals surface area contributed by atoms with E-state index in [9.17, 15) is 9.59 Å². The number of tetrazole rings is 1. The lowest BCUT2D eigenvalue weighted by Gasteiger charge is -2.11. The van der Waals surface area contributed by atoms with Crippen LogP contribution >= 0.6 is 0 Å². The topological polar surface area (TPSA) is 102 Å². The fourth-order valence-electron chi connectivity index (χ4n) is 2.96. The molecular weight excluding hydrogens is 356 g/mol. The van der Waals surface area contributed by atoms with Gasteiger partial charge < -0.3 is 10.6 Å². The van der Waals surface area contributed by atoms with Crippen molar-refractivity contribution in [3.8, 4) is 11.4 Å². The van der Waals surface area contributed by atoms with Gasteiger partial charge in [0.2, 0.25) is 5.91 Å². The number of Topliss-reactive ketones (excluding diaryl/α,β-unsaturated/α-hetero) is 1. The highest BCUT2D eigenvalue weighted by Crippen LogP contribution is 2.36. The van der Waals surface area contributed by atoms with Crippen LogP contribution in [0.2, 0.25) is 0 Å². The summed E-state index contributed by atoms with van der Waals surface area (Å²) < 4.78 is 1.86. The number of carbonyl (C=O) groups is 2. The number of hydrogen-bond acceptors (Lipinski definition) is 6. The second-order valence-electron chi connectivity index (χ2n) is 6.76. The summed E-state index contributed by atoms with van der Waals surface area (Å²) in [7, 11) is 0. The minimum Gasteiger partial charge on any atom is -0.376 e. The van der Waals surface area contributed by atoms with Crippen molar-refractivity contribution in [3.05, 3.63) is 54.1 Å². The van der Waals surface area contributed by atoms with Crippen LogP contribution in [-0.2, 0) is 4.79 Å². The zero-order valence-electron chi connectivity index (χ0n) is 15.4. The first-order chi connectivity index (χ1) is 13.6. The normalized spacial score (nSPS) is 13.2. The van der Waals surface area contributed by atoms with E-state index in [-0.39, 0.29) is 18.2 Å². The molecule has 0 saturated heterocycles. The smallest absolute Gasteiger partial charge is 0.243 e. The van der Waals surface area contributed by atoms with Crippen molar-refractivity contribution >= 4 is 23.1 Å². The van der Waals surface area contributed by atoms with Gasteiger partial charge in [0.15, 0.2) is 11.6 Å². The summed E-state index contributed by atoms with van der Waals surface area (Å²) in [6, 6.07) is 15.0. The summed E-state index contributed by atoms with van der Waals surface area (Å²) in [5.41, 5.74) is 2.75. The molecule has 0 bridgehead atoms. The molecule has 0 unspecified atom stereocenters. The van der Waals surface area contributed by atoms with Crippen LogP contribution in [0.5, 0.6) is 0 Å². The Kier molecular flexibility index (Phi) is 4.84. The number of nitrogens with zero attached hydrogens (tertiary/aromatic N) is 4. The van der Waals surface area contributed by atoms with Gasteiger partial charge in [0.25, 0.3) is 0 Å². The summed E-state index contributed by atoms with van der Waals surface area (Å²) in [4.78, 5) is 23.9. The highest BCUT2D eigenvalue weighted by Gasteiger charge is 2.28. The Morgan fingerprint density at radius 2 is 1.86 bits per heavy atom. The highest BCUT2D eigenvalue weighted by atomic mass is 16.2. The fraction of sp³-hybridized carbons (Fsp3) is 0.250. The zero-order chi connectivity index (χ0) is 19.5. The second-order valence-corrected chi connectivity index (χ2v) is 6.76. The quantitative estimate of drug-likeness (QED) is 0.615. The number of aromatic nitrogens is 4. The van der Waals surface area contributed by atoms with E-state index in [1.165, 1.54) is 6.92 Å². The molecule has 8 heteroatoms. The molecule has 1 saturated carbocycles. The minimum absolute atomic E-state index is 0.0887. The molecule has 0 aliphatic heterocycles. The van der Waals surface area contributed by atoms with E-state index in [0.717, 1.165) is 29.9 Å². The van der Waals surface area contributed by atoms with Crippen molar-refractivity contribution in [1.82, 2.24) is 20.2 Å².